The Morgan fingerprint density at radius 3 is 2.52 bits per heavy atom. The zero-order chi connectivity index (χ0) is 15.0. The van der Waals surface area contributed by atoms with Crippen molar-refractivity contribution in [3.8, 4) is 11.3 Å². The van der Waals surface area contributed by atoms with Crippen molar-refractivity contribution in [3.05, 3.63) is 58.1 Å². The van der Waals surface area contributed by atoms with E-state index in [0.29, 0.717) is 21.1 Å². The van der Waals surface area contributed by atoms with Gasteiger partial charge in [0.1, 0.15) is 0 Å². The van der Waals surface area contributed by atoms with Gasteiger partial charge in [0, 0.05) is 10.4 Å². The van der Waals surface area contributed by atoms with Crippen LogP contribution in [-0.2, 0) is 11.2 Å². The number of aromatic nitrogens is 1. The average molecular weight is 320 g/mol. The van der Waals surface area contributed by atoms with Crippen molar-refractivity contribution in [3.63, 3.8) is 0 Å². The molecule has 5 heteroatoms. The Morgan fingerprint density at radius 1 is 1.14 bits per heavy atom. The Hall–Kier alpha value is -1.97. The van der Waals surface area contributed by atoms with Crippen LogP contribution in [0.1, 0.15) is 5.56 Å². The van der Waals surface area contributed by atoms with E-state index < -0.39 is 5.97 Å². The number of carboxylic acid groups (broad SMARTS) is 1. The predicted molar refractivity (Wildman–Crippen MR) is 85.1 cm³/mol. The highest BCUT2D eigenvalue weighted by Gasteiger charge is 2.17. The third-order valence-corrected chi connectivity index (χ3v) is 3.84. The smallest absolute Gasteiger partial charge is 0.307 e. The van der Waals surface area contributed by atoms with Gasteiger partial charge in [-0.15, -0.1) is 0 Å². The van der Waals surface area contributed by atoms with Crippen LogP contribution in [0.2, 0.25) is 10.0 Å². The number of H-pyrrole nitrogens is 1. The SMILES string of the molecule is O=C(O)Cc1c(-c2ccccc2)[nH]c2c(Cl)cc(Cl)cc12. The molecule has 0 amide bonds. The molecule has 106 valence electrons. The molecule has 0 atom stereocenters. The molecule has 1 heterocycles. The highest BCUT2D eigenvalue weighted by molar-refractivity contribution is 6.38. The van der Waals surface area contributed by atoms with E-state index in [1.807, 2.05) is 30.3 Å². The molecule has 3 nitrogen and oxygen atoms in total. The topological polar surface area (TPSA) is 53.1 Å². The minimum atomic E-state index is -0.899. The van der Waals surface area contributed by atoms with E-state index in [9.17, 15) is 9.90 Å². The molecule has 0 spiro atoms. The van der Waals surface area contributed by atoms with E-state index in [-0.39, 0.29) is 6.42 Å². The molecular weight excluding hydrogens is 309 g/mol. The molecule has 2 N–H and O–H groups in total. The molecule has 21 heavy (non-hydrogen) atoms. The minimum Gasteiger partial charge on any atom is -0.481 e. The summed E-state index contributed by atoms with van der Waals surface area (Å²) in [5.74, 6) is -0.899. The number of fused-ring (bicyclic) bond motifs is 1. The first kappa shape index (κ1) is 14.0. The fourth-order valence-electron chi connectivity index (χ4n) is 2.46. The lowest BCUT2D eigenvalue weighted by Crippen LogP contribution is -2.00. The largest absolute Gasteiger partial charge is 0.481 e. The third-order valence-electron chi connectivity index (χ3n) is 3.32. The second-order valence-electron chi connectivity index (χ2n) is 4.73. The van der Waals surface area contributed by atoms with Gasteiger partial charge in [-0.3, -0.25) is 4.79 Å². The number of carbonyl (C=O) groups is 1. The Bertz CT molecular complexity index is 825. The van der Waals surface area contributed by atoms with Gasteiger partial charge in [-0.25, -0.2) is 0 Å². The van der Waals surface area contributed by atoms with Gasteiger partial charge in [0.2, 0.25) is 0 Å². The first-order chi connectivity index (χ1) is 10.1. The maximum atomic E-state index is 11.2. The molecule has 3 aromatic rings. The second kappa shape index (κ2) is 5.43. The molecule has 3 rings (SSSR count). The summed E-state index contributed by atoms with van der Waals surface area (Å²) in [5.41, 5.74) is 3.07. The van der Waals surface area contributed by atoms with E-state index in [1.54, 1.807) is 12.1 Å². The average Bonchev–Trinajstić information content (AvgIpc) is 2.78. The molecule has 0 aliphatic carbocycles. The van der Waals surface area contributed by atoms with Crippen molar-refractivity contribution in [1.82, 2.24) is 4.98 Å². The van der Waals surface area contributed by atoms with Gasteiger partial charge < -0.3 is 10.1 Å². The highest BCUT2D eigenvalue weighted by Crippen LogP contribution is 2.36. The second-order valence-corrected chi connectivity index (χ2v) is 5.57. The summed E-state index contributed by atoms with van der Waals surface area (Å²) in [6.45, 7) is 0. The molecule has 0 saturated carbocycles. The predicted octanol–water partition coefficient (Wildman–Crippen LogP) is 4.77. The lowest BCUT2D eigenvalue weighted by atomic mass is 10.0. The van der Waals surface area contributed by atoms with Gasteiger partial charge in [0.05, 0.1) is 22.7 Å². The molecule has 0 bridgehead atoms. The van der Waals surface area contributed by atoms with Gasteiger partial charge in [0.15, 0.2) is 0 Å². The molecular formula is C16H11Cl2NO2. The van der Waals surface area contributed by atoms with Crippen LogP contribution in [0, 0.1) is 0 Å². The fourth-order valence-corrected chi connectivity index (χ4v) is 3.00. The van der Waals surface area contributed by atoms with Crippen molar-refractivity contribution in [2.75, 3.05) is 0 Å². The quantitative estimate of drug-likeness (QED) is 0.730. The number of halogens is 2. The Labute approximate surface area is 131 Å². The molecule has 1 aromatic heterocycles. The van der Waals surface area contributed by atoms with Crippen molar-refractivity contribution >= 4 is 40.1 Å². The first-order valence-corrected chi connectivity index (χ1v) is 7.08. The number of hydrogen-bond acceptors (Lipinski definition) is 1. The van der Waals surface area contributed by atoms with Crippen LogP contribution in [0.25, 0.3) is 22.2 Å². The van der Waals surface area contributed by atoms with Crippen LogP contribution in [0.3, 0.4) is 0 Å². The van der Waals surface area contributed by atoms with Crippen LogP contribution in [0.5, 0.6) is 0 Å². The molecule has 0 unspecified atom stereocenters. The van der Waals surface area contributed by atoms with Crippen LogP contribution in [-0.4, -0.2) is 16.1 Å². The van der Waals surface area contributed by atoms with Gasteiger partial charge in [0.25, 0.3) is 0 Å². The van der Waals surface area contributed by atoms with Crippen molar-refractivity contribution in [2.24, 2.45) is 0 Å². The van der Waals surface area contributed by atoms with Gasteiger partial charge in [-0.05, 0) is 23.3 Å². The number of rotatable bonds is 3. The van der Waals surface area contributed by atoms with E-state index in [0.717, 1.165) is 16.6 Å². The monoisotopic (exact) mass is 319 g/mol. The summed E-state index contributed by atoms with van der Waals surface area (Å²) in [5, 5.41) is 10.9. The number of hydrogen-bond donors (Lipinski definition) is 2. The summed E-state index contributed by atoms with van der Waals surface area (Å²) >= 11 is 12.3. The molecule has 0 radical (unpaired) electrons. The number of aromatic amines is 1. The van der Waals surface area contributed by atoms with E-state index >= 15 is 0 Å². The summed E-state index contributed by atoms with van der Waals surface area (Å²) in [7, 11) is 0. The van der Waals surface area contributed by atoms with Crippen LogP contribution in [0.15, 0.2) is 42.5 Å². The van der Waals surface area contributed by atoms with Crippen LogP contribution < -0.4 is 0 Å². The van der Waals surface area contributed by atoms with Crippen molar-refractivity contribution < 1.29 is 9.90 Å². The fraction of sp³-hybridized carbons (Fsp3) is 0.0625. The Morgan fingerprint density at radius 2 is 1.86 bits per heavy atom. The van der Waals surface area contributed by atoms with E-state index in [1.165, 1.54) is 0 Å². The number of nitrogens with one attached hydrogen (secondary N) is 1. The summed E-state index contributed by atoms with van der Waals surface area (Å²) in [6, 6.07) is 12.9. The molecule has 0 fully saturated rings. The molecule has 2 aromatic carbocycles. The van der Waals surface area contributed by atoms with E-state index in [2.05, 4.69) is 4.98 Å². The number of aliphatic carboxylic acids is 1. The third kappa shape index (κ3) is 2.62. The van der Waals surface area contributed by atoms with Gasteiger partial charge in [-0.2, -0.15) is 0 Å². The summed E-state index contributed by atoms with van der Waals surface area (Å²) in [6.07, 6.45) is -0.0963. The lowest BCUT2D eigenvalue weighted by molar-refractivity contribution is -0.136. The summed E-state index contributed by atoms with van der Waals surface area (Å²) in [4.78, 5) is 14.4. The lowest BCUT2D eigenvalue weighted by Gasteiger charge is -2.02. The molecule has 0 saturated heterocycles. The zero-order valence-electron chi connectivity index (χ0n) is 10.9. The van der Waals surface area contributed by atoms with Gasteiger partial charge in [-0.1, -0.05) is 53.5 Å². The highest BCUT2D eigenvalue weighted by atomic mass is 35.5. The first-order valence-electron chi connectivity index (χ1n) is 6.33. The van der Waals surface area contributed by atoms with Gasteiger partial charge >= 0.3 is 5.97 Å². The Balaban J connectivity index is 2.33. The molecule has 0 aliphatic rings. The van der Waals surface area contributed by atoms with Crippen molar-refractivity contribution in [2.45, 2.75) is 6.42 Å². The minimum absolute atomic E-state index is 0.0963. The maximum Gasteiger partial charge on any atom is 0.307 e. The zero-order valence-corrected chi connectivity index (χ0v) is 12.4. The standard InChI is InChI=1S/C16H11Cl2NO2/c17-10-6-11-12(8-14(20)21)15(9-4-2-1-3-5-9)19-16(11)13(18)7-10/h1-7,19H,8H2,(H,20,21). The van der Waals surface area contributed by atoms with Crippen LogP contribution in [0.4, 0.5) is 0 Å². The molecule has 0 aliphatic heterocycles. The van der Waals surface area contributed by atoms with E-state index in [4.69, 9.17) is 23.2 Å². The Kier molecular flexibility index (Phi) is 3.62. The number of carboxylic acids is 1. The number of benzene rings is 2. The maximum absolute atomic E-state index is 11.2. The summed E-state index contributed by atoms with van der Waals surface area (Å²) < 4.78 is 0. The van der Waals surface area contributed by atoms with Crippen molar-refractivity contribution in [1.29, 1.82) is 0 Å². The van der Waals surface area contributed by atoms with Crippen LogP contribution >= 0.6 is 23.2 Å². The normalized spacial score (nSPS) is 11.0.